The summed E-state index contributed by atoms with van der Waals surface area (Å²) in [5, 5.41) is 13.6. The van der Waals surface area contributed by atoms with E-state index in [0.717, 1.165) is 11.3 Å². The monoisotopic (exact) mass is 289 g/mol. The standard InChI is InChI=1S/C17H23NO3/c1-13(2)21-15-8-6-14(7-9-15)11-18-12-17(3,19)16-5-4-10-20-16/h4-10,13,18-19H,11-12H2,1-3H3. The lowest BCUT2D eigenvalue weighted by molar-refractivity contribution is 0.0340. The first-order valence-electron chi connectivity index (χ1n) is 7.20. The zero-order valence-corrected chi connectivity index (χ0v) is 12.8. The molecule has 1 aromatic heterocycles. The molecule has 0 fully saturated rings. The van der Waals surface area contributed by atoms with Gasteiger partial charge >= 0.3 is 0 Å². The number of nitrogens with one attached hydrogen (secondary N) is 1. The van der Waals surface area contributed by atoms with E-state index in [1.54, 1.807) is 25.3 Å². The van der Waals surface area contributed by atoms with Gasteiger partial charge in [-0.25, -0.2) is 0 Å². The Kier molecular flexibility index (Phi) is 5.04. The maximum absolute atomic E-state index is 10.3. The molecule has 0 aliphatic carbocycles. The van der Waals surface area contributed by atoms with Crippen molar-refractivity contribution in [2.45, 2.75) is 39.0 Å². The second-order valence-corrected chi connectivity index (χ2v) is 5.67. The maximum atomic E-state index is 10.3. The zero-order chi connectivity index (χ0) is 15.3. The van der Waals surface area contributed by atoms with E-state index in [1.165, 1.54) is 0 Å². The molecular formula is C17H23NO3. The van der Waals surface area contributed by atoms with Crippen LogP contribution in [0.3, 0.4) is 0 Å². The van der Waals surface area contributed by atoms with Crippen LogP contribution in [0.5, 0.6) is 5.75 Å². The summed E-state index contributed by atoms with van der Waals surface area (Å²) >= 11 is 0. The third-order valence-corrected chi connectivity index (χ3v) is 3.15. The molecule has 21 heavy (non-hydrogen) atoms. The summed E-state index contributed by atoms with van der Waals surface area (Å²) in [6.07, 6.45) is 1.74. The Morgan fingerprint density at radius 1 is 1.24 bits per heavy atom. The Morgan fingerprint density at radius 2 is 1.95 bits per heavy atom. The molecule has 0 spiro atoms. The van der Waals surface area contributed by atoms with Crippen molar-refractivity contribution in [3.63, 3.8) is 0 Å². The van der Waals surface area contributed by atoms with Crippen LogP contribution < -0.4 is 10.1 Å². The van der Waals surface area contributed by atoms with E-state index >= 15 is 0 Å². The van der Waals surface area contributed by atoms with E-state index < -0.39 is 5.60 Å². The van der Waals surface area contributed by atoms with E-state index in [4.69, 9.17) is 9.15 Å². The predicted molar refractivity (Wildman–Crippen MR) is 82.2 cm³/mol. The predicted octanol–water partition coefficient (Wildman–Crippen LogP) is 3.06. The van der Waals surface area contributed by atoms with E-state index in [9.17, 15) is 5.11 Å². The van der Waals surface area contributed by atoms with Crippen molar-refractivity contribution < 1.29 is 14.3 Å². The van der Waals surface area contributed by atoms with Crippen LogP contribution in [-0.2, 0) is 12.1 Å². The lowest BCUT2D eigenvalue weighted by Gasteiger charge is -2.21. The normalized spacial score (nSPS) is 14.1. The van der Waals surface area contributed by atoms with Crippen LogP contribution in [0.1, 0.15) is 32.1 Å². The summed E-state index contributed by atoms with van der Waals surface area (Å²) < 4.78 is 10.9. The van der Waals surface area contributed by atoms with Crippen LogP contribution in [0, 0.1) is 0 Å². The fourth-order valence-electron chi connectivity index (χ4n) is 2.08. The Hall–Kier alpha value is -1.78. The minimum absolute atomic E-state index is 0.178. The number of rotatable bonds is 7. The lowest BCUT2D eigenvalue weighted by Crippen LogP contribution is -2.34. The molecule has 1 atom stereocenters. The zero-order valence-electron chi connectivity index (χ0n) is 12.8. The minimum Gasteiger partial charge on any atom is -0.491 e. The van der Waals surface area contributed by atoms with E-state index in [1.807, 2.05) is 38.1 Å². The number of aliphatic hydroxyl groups is 1. The molecule has 0 saturated carbocycles. The molecule has 0 saturated heterocycles. The largest absolute Gasteiger partial charge is 0.491 e. The van der Waals surface area contributed by atoms with E-state index in [-0.39, 0.29) is 6.10 Å². The maximum Gasteiger partial charge on any atom is 0.136 e. The van der Waals surface area contributed by atoms with Crippen molar-refractivity contribution in [2.24, 2.45) is 0 Å². The number of hydrogen-bond donors (Lipinski definition) is 2. The number of benzene rings is 1. The second kappa shape index (κ2) is 6.78. The summed E-state index contributed by atoms with van der Waals surface area (Å²) in [5.74, 6) is 1.44. The van der Waals surface area contributed by atoms with Crippen molar-refractivity contribution in [3.05, 3.63) is 54.0 Å². The fourth-order valence-corrected chi connectivity index (χ4v) is 2.08. The molecular weight excluding hydrogens is 266 g/mol. The molecule has 2 aromatic rings. The SMILES string of the molecule is CC(C)Oc1ccc(CNCC(C)(O)c2ccco2)cc1. The lowest BCUT2D eigenvalue weighted by atomic mass is 10.0. The molecule has 0 radical (unpaired) electrons. The molecule has 4 nitrogen and oxygen atoms in total. The van der Waals surface area contributed by atoms with Crippen molar-refractivity contribution in [1.29, 1.82) is 0 Å². The summed E-state index contributed by atoms with van der Waals surface area (Å²) in [6.45, 7) is 6.85. The fraction of sp³-hybridized carbons (Fsp3) is 0.412. The highest BCUT2D eigenvalue weighted by Crippen LogP contribution is 2.20. The molecule has 114 valence electrons. The summed E-state index contributed by atoms with van der Waals surface area (Å²) in [4.78, 5) is 0. The van der Waals surface area contributed by atoms with Gasteiger partial charge in [-0.2, -0.15) is 0 Å². The number of furan rings is 1. The smallest absolute Gasteiger partial charge is 0.136 e. The molecule has 2 rings (SSSR count). The summed E-state index contributed by atoms with van der Waals surface area (Å²) in [6, 6.07) is 11.5. The highest BCUT2D eigenvalue weighted by molar-refractivity contribution is 5.27. The minimum atomic E-state index is -1.01. The van der Waals surface area contributed by atoms with Gasteiger partial charge in [0.05, 0.1) is 12.4 Å². The Morgan fingerprint density at radius 3 is 2.52 bits per heavy atom. The second-order valence-electron chi connectivity index (χ2n) is 5.67. The molecule has 1 unspecified atom stereocenters. The van der Waals surface area contributed by atoms with Gasteiger partial charge in [0.2, 0.25) is 0 Å². The third kappa shape index (κ3) is 4.62. The average Bonchev–Trinajstić information content (AvgIpc) is 2.95. The van der Waals surface area contributed by atoms with Gasteiger partial charge in [0, 0.05) is 13.1 Å². The van der Waals surface area contributed by atoms with Gasteiger partial charge in [0.25, 0.3) is 0 Å². The van der Waals surface area contributed by atoms with Crippen molar-refractivity contribution >= 4 is 0 Å². The van der Waals surface area contributed by atoms with Gasteiger partial charge in [-0.3, -0.25) is 0 Å². The summed E-state index contributed by atoms with van der Waals surface area (Å²) in [5.41, 5.74) is 0.130. The summed E-state index contributed by atoms with van der Waals surface area (Å²) in [7, 11) is 0. The molecule has 0 bridgehead atoms. The molecule has 0 amide bonds. The van der Waals surface area contributed by atoms with E-state index in [0.29, 0.717) is 18.8 Å². The van der Waals surface area contributed by atoms with Crippen LogP contribution >= 0.6 is 0 Å². The third-order valence-electron chi connectivity index (χ3n) is 3.15. The highest BCUT2D eigenvalue weighted by atomic mass is 16.5. The number of ether oxygens (including phenoxy) is 1. The Balaban J connectivity index is 1.83. The van der Waals surface area contributed by atoms with Gasteiger partial charge in [-0.05, 0) is 50.6 Å². The van der Waals surface area contributed by atoms with Gasteiger partial charge in [-0.1, -0.05) is 12.1 Å². The van der Waals surface area contributed by atoms with Crippen LogP contribution in [0.4, 0.5) is 0 Å². The van der Waals surface area contributed by atoms with Crippen molar-refractivity contribution in [1.82, 2.24) is 5.32 Å². The molecule has 4 heteroatoms. The Labute approximate surface area is 125 Å². The molecule has 1 heterocycles. The van der Waals surface area contributed by atoms with Crippen LogP contribution in [0.25, 0.3) is 0 Å². The highest BCUT2D eigenvalue weighted by Gasteiger charge is 2.25. The molecule has 2 N–H and O–H groups in total. The van der Waals surface area contributed by atoms with Gasteiger partial charge in [-0.15, -0.1) is 0 Å². The molecule has 1 aromatic carbocycles. The average molecular weight is 289 g/mol. The molecule has 0 aliphatic rings. The quantitative estimate of drug-likeness (QED) is 0.822. The van der Waals surface area contributed by atoms with Gasteiger partial charge < -0.3 is 19.6 Å². The van der Waals surface area contributed by atoms with Crippen LogP contribution in [-0.4, -0.2) is 17.8 Å². The Bertz CT molecular complexity index is 530. The van der Waals surface area contributed by atoms with Gasteiger partial charge in [0.15, 0.2) is 0 Å². The topological polar surface area (TPSA) is 54.6 Å². The van der Waals surface area contributed by atoms with Gasteiger partial charge in [0.1, 0.15) is 17.1 Å². The first-order valence-corrected chi connectivity index (χ1v) is 7.20. The van der Waals surface area contributed by atoms with Crippen LogP contribution in [0.15, 0.2) is 47.1 Å². The number of hydrogen-bond acceptors (Lipinski definition) is 4. The van der Waals surface area contributed by atoms with Crippen molar-refractivity contribution in [3.8, 4) is 5.75 Å². The first-order chi connectivity index (χ1) is 9.97. The first kappa shape index (κ1) is 15.6. The van der Waals surface area contributed by atoms with Crippen molar-refractivity contribution in [2.75, 3.05) is 6.54 Å². The van der Waals surface area contributed by atoms with Crippen LogP contribution in [0.2, 0.25) is 0 Å². The van der Waals surface area contributed by atoms with E-state index in [2.05, 4.69) is 5.32 Å². The molecule has 0 aliphatic heterocycles.